The summed E-state index contributed by atoms with van der Waals surface area (Å²) in [6.45, 7) is 3.51. The average Bonchev–Trinajstić information content (AvgIpc) is 1.90. The van der Waals surface area contributed by atoms with Gasteiger partial charge in [0.25, 0.3) is 0 Å². The molecule has 0 aromatic heterocycles. The molecule has 0 N–H and O–H groups in total. The number of carbonyl (C=O) groups is 1. The van der Waals surface area contributed by atoms with E-state index < -0.39 is 5.83 Å². The summed E-state index contributed by atoms with van der Waals surface area (Å²) >= 11 is 0. The van der Waals surface area contributed by atoms with E-state index in [9.17, 15) is 9.18 Å². The molecule has 49 valence electrons. The van der Waals surface area contributed by atoms with E-state index in [2.05, 4.69) is 0 Å². The second kappa shape index (κ2) is 4.30. The van der Waals surface area contributed by atoms with Gasteiger partial charge < -0.3 is 0 Å². The molecular formula is C6H9BFO. The summed E-state index contributed by atoms with van der Waals surface area (Å²) in [5.74, 6) is -0.653. The molecule has 0 aliphatic rings. The minimum Gasteiger partial charge on any atom is -0.295 e. The van der Waals surface area contributed by atoms with Gasteiger partial charge in [-0.3, -0.25) is 4.79 Å². The van der Waals surface area contributed by atoms with Crippen LogP contribution in [0, 0.1) is 0 Å². The number of hydrogen-bond acceptors (Lipinski definition) is 1. The smallest absolute Gasteiger partial charge is 0.177 e. The first-order chi connectivity index (χ1) is 4.26. The highest BCUT2D eigenvalue weighted by Crippen LogP contribution is 2.05. The number of hydrogen-bond donors (Lipinski definition) is 0. The fourth-order valence-corrected chi connectivity index (χ4v) is 0.587. The molecule has 1 nitrogen and oxygen atoms in total. The maximum Gasteiger partial charge on any atom is 0.177 e. The first-order valence-electron chi connectivity index (χ1n) is 2.89. The minimum absolute atomic E-state index is 0.235. The quantitative estimate of drug-likeness (QED) is 0.319. The summed E-state index contributed by atoms with van der Waals surface area (Å²) in [7, 11) is 1.60. The Morgan fingerprint density at radius 1 is 1.78 bits per heavy atom. The van der Waals surface area contributed by atoms with Gasteiger partial charge in [-0.1, -0.05) is 19.2 Å². The van der Waals surface area contributed by atoms with Crippen molar-refractivity contribution in [3.05, 3.63) is 11.3 Å². The van der Waals surface area contributed by atoms with Crippen LogP contribution >= 0.6 is 0 Å². The number of halogens is 1. The zero-order valence-corrected chi connectivity index (χ0v) is 5.65. The third-order valence-electron chi connectivity index (χ3n) is 1.14. The molecule has 1 radical (unpaired) electrons. The molecule has 0 aliphatic heterocycles. The van der Waals surface area contributed by atoms with Crippen LogP contribution in [0.4, 0.5) is 4.39 Å². The SMILES string of the molecule is C[B]C(CC)=C(F)C=O. The minimum atomic E-state index is -0.653. The van der Waals surface area contributed by atoms with Gasteiger partial charge in [0.1, 0.15) is 7.28 Å². The Kier molecular flexibility index (Phi) is 4.02. The fraction of sp³-hybridized carbons (Fsp3) is 0.500. The van der Waals surface area contributed by atoms with Gasteiger partial charge in [0.05, 0.1) is 0 Å². The molecule has 0 aromatic carbocycles. The van der Waals surface area contributed by atoms with Crippen LogP contribution in [-0.4, -0.2) is 13.6 Å². The summed E-state index contributed by atoms with van der Waals surface area (Å²) in [6.07, 6.45) is 0.805. The largest absolute Gasteiger partial charge is 0.295 e. The summed E-state index contributed by atoms with van der Waals surface area (Å²) in [5, 5.41) is 0. The fourth-order valence-electron chi connectivity index (χ4n) is 0.587. The highest BCUT2D eigenvalue weighted by Gasteiger charge is 1.99. The van der Waals surface area contributed by atoms with E-state index in [1.54, 1.807) is 21.0 Å². The molecule has 0 atom stereocenters. The molecule has 0 saturated heterocycles. The zero-order chi connectivity index (χ0) is 7.28. The van der Waals surface area contributed by atoms with Crippen LogP contribution in [0.5, 0.6) is 0 Å². The Balaban J connectivity index is 4.17. The Labute approximate surface area is 55.2 Å². The molecule has 9 heavy (non-hydrogen) atoms. The molecular weight excluding hydrogens is 118 g/mol. The Morgan fingerprint density at radius 3 is 2.44 bits per heavy atom. The van der Waals surface area contributed by atoms with Crippen molar-refractivity contribution in [2.24, 2.45) is 0 Å². The predicted molar refractivity (Wildman–Crippen MR) is 36.1 cm³/mol. The second-order valence-electron chi connectivity index (χ2n) is 1.63. The van der Waals surface area contributed by atoms with E-state index in [0.29, 0.717) is 11.9 Å². The van der Waals surface area contributed by atoms with Gasteiger partial charge in [0, 0.05) is 0 Å². The lowest BCUT2D eigenvalue weighted by Crippen LogP contribution is -1.93. The van der Waals surface area contributed by atoms with Crippen LogP contribution in [0.3, 0.4) is 0 Å². The molecule has 0 bridgehead atoms. The van der Waals surface area contributed by atoms with Crippen molar-refractivity contribution in [2.45, 2.75) is 20.2 Å². The van der Waals surface area contributed by atoms with Gasteiger partial charge in [-0.15, -0.1) is 0 Å². The predicted octanol–water partition coefficient (Wildman–Crippen LogP) is 1.53. The third-order valence-corrected chi connectivity index (χ3v) is 1.14. The molecule has 0 unspecified atom stereocenters. The number of aldehydes is 1. The van der Waals surface area contributed by atoms with E-state index in [4.69, 9.17) is 0 Å². The van der Waals surface area contributed by atoms with Gasteiger partial charge >= 0.3 is 0 Å². The highest BCUT2D eigenvalue weighted by atomic mass is 19.1. The van der Waals surface area contributed by atoms with E-state index >= 15 is 0 Å². The molecule has 0 rings (SSSR count). The van der Waals surface area contributed by atoms with Gasteiger partial charge in [0.15, 0.2) is 12.1 Å². The summed E-state index contributed by atoms with van der Waals surface area (Å²) in [6, 6.07) is 0. The van der Waals surface area contributed by atoms with Gasteiger partial charge in [0.2, 0.25) is 0 Å². The first kappa shape index (κ1) is 8.40. The number of rotatable bonds is 3. The van der Waals surface area contributed by atoms with Crippen LogP contribution in [0.15, 0.2) is 11.3 Å². The molecule has 0 amide bonds. The lowest BCUT2D eigenvalue weighted by molar-refractivity contribution is -0.106. The molecule has 0 aliphatic carbocycles. The molecule has 0 fully saturated rings. The first-order valence-corrected chi connectivity index (χ1v) is 2.89. The lowest BCUT2D eigenvalue weighted by atomic mass is 9.71. The number of allylic oxidation sites excluding steroid dienone is 2. The lowest BCUT2D eigenvalue weighted by Gasteiger charge is -1.95. The maximum atomic E-state index is 12.3. The standard InChI is InChI=1S/C6H9BFO/c1-3-5(7-2)6(8)4-9/h4H,3H2,1-2H3. The van der Waals surface area contributed by atoms with E-state index in [1.165, 1.54) is 0 Å². The Hall–Kier alpha value is -0.595. The molecule has 0 spiro atoms. The van der Waals surface area contributed by atoms with Crippen molar-refractivity contribution >= 4 is 13.6 Å². The van der Waals surface area contributed by atoms with Crippen molar-refractivity contribution in [2.75, 3.05) is 0 Å². The Bertz CT molecular complexity index is 125. The monoisotopic (exact) mass is 127 g/mol. The normalized spacial score (nSPS) is 12.3. The van der Waals surface area contributed by atoms with Crippen molar-refractivity contribution < 1.29 is 9.18 Å². The van der Waals surface area contributed by atoms with Crippen molar-refractivity contribution in [1.29, 1.82) is 0 Å². The highest BCUT2D eigenvalue weighted by molar-refractivity contribution is 6.44. The van der Waals surface area contributed by atoms with Crippen molar-refractivity contribution in [3.63, 3.8) is 0 Å². The molecule has 3 heteroatoms. The van der Waals surface area contributed by atoms with Crippen LogP contribution < -0.4 is 0 Å². The van der Waals surface area contributed by atoms with Crippen LogP contribution in [0.25, 0.3) is 0 Å². The maximum absolute atomic E-state index is 12.3. The van der Waals surface area contributed by atoms with Gasteiger partial charge in [-0.05, 0) is 6.42 Å². The van der Waals surface area contributed by atoms with E-state index in [1.807, 2.05) is 0 Å². The third kappa shape index (κ3) is 2.45. The van der Waals surface area contributed by atoms with Gasteiger partial charge in [-0.25, -0.2) is 4.39 Å². The molecule has 0 saturated carbocycles. The van der Waals surface area contributed by atoms with Crippen LogP contribution in [0.2, 0.25) is 6.82 Å². The summed E-state index contributed by atoms with van der Waals surface area (Å²) < 4.78 is 12.3. The van der Waals surface area contributed by atoms with Gasteiger partial charge in [-0.2, -0.15) is 0 Å². The van der Waals surface area contributed by atoms with Crippen LogP contribution in [0.1, 0.15) is 13.3 Å². The topological polar surface area (TPSA) is 17.1 Å². The van der Waals surface area contributed by atoms with Crippen LogP contribution in [-0.2, 0) is 4.79 Å². The van der Waals surface area contributed by atoms with E-state index in [-0.39, 0.29) is 6.29 Å². The molecule has 0 heterocycles. The average molecular weight is 127 g/mol. The van der Waals surface area contributed by atoms with Crippen molar-refractivity contribution in [1.82, 2.24) is 0 Å². The number of carbonyl (C=O) groups excluding carboxylic acids is 1. The second-order valence-corrected chi connectivity index (χ2v) is 1.63. The zero-order valence-electron chi connectivity index (χ0n) is 5.65. The van der Waals surface area contributed by atoms with E-state index in [0.717, 1.165) is 0 Å². The van der Waals surface area contributed by atoms with Crippen molar-refractivity contribution in [3.8, 4) is 0 Å². The molecule has 0 aromatic rings. The Morgan fingerprint density at radius 2 is 2.33 bits per heavy atom. The summed E-state index contributed by atoms with van der Waals surface area (Å²) in [5.41, 5.74) is 0.477. The summed E-state index contributed by atoms with van der Waals surface area (Å²) in [4.78, 5) is 9.81.